The molecule has 1 aliphatic rings. The molecule has 2 N–H and O–H groups in total. The molecule has 1 saturated heterocycles. The van der Waals surface area contributed by atoms with Gasteiger partial charge in [0.1, 0.15) is 6.33 Å². The topological polar surface area (TPSA) is 125 Å². The van der Waals surface area contributed by atoms with Crippen LogP contribution >= 0.6 is 0 Å². The Bertz CT molecular complexity index is 1330. The van der Waals surface area contributed by atoms with Gasteiger partial charge in [-0.25, -0.2) is 9.97 Å². The molecule has 12 nitrogen and oxygen atoms in total. The van der Waals surface area contributed by atoms with Crippen molar-refractivity contribution in [2.45, 2.75) is 18.9 Å². The summed E-state index contributed by atoms with van der Waals surface area (Å²) in [5, 5.41) is 13.0. The molecular weight excluding hydrogens is 452 g/mol. The molecular formula is C23H28N8O4. The van der Waals surface area contributed by atoms with Crippen molar-refractivity contribution in [1.82, 2.24) is 29.1 Å². The van der Waals surface area contributed by atoms with Gasteiger partial charge in [-0.2, -0.15) is 9.97 Å². The maximum absolute atomic E-state index is 9.83. The average molecular weight is 481 g/mol. The summed E-state index contributed by atoms with van der Waals surface area (Å²) >= 11 is 0. The molecule has 1 aromatic carbocycles. The number of imidazole rings is 2. The molecule has 0 radical (unpaired) electrons. The number of nitrogens with one attached hydrogen (secondary N) is 1. The van der Waals surface area contributed by atoms with Gasteiger partial charge in [0.2, 0.25) is 11.7 Å². The van der Waals surface area contributed by atoms with Gasteiger partial charge in [0.15, 0.2) is 34.3 Å². The van der Waals surface area contributed by atoms with E-state index in [1.165, 1.54) is 0 Å². The first kappa shape index (κ1) is 22.7. The molecule has 0 spiro atoms. The number of aromatic nitrogens is 6. The van der Waals surface area contributed by atoms with Gasteiger partial charge in [0.05, 0.1) is 52.2 Å². The molecule has 1 aliphatic heterocycles. The van der Waals surface area contributed by atoms with Crippen LogP contribution in [0.15, 0.2) is 31.0 Å². The second-order valence-electron chi connectivity index (χ2n) is 8.25. The van der Waals surface area contributed by atoms with Gasteiger partial charge in [-0.05, 0) is 12.8 Å². The van der Waals surface area contributed by atoms with Crippen LogP contribution < -0.4 is 24.4 Å². The largest absolute Gasteiger partial charge is 0.493 e. The molecule has 0 amide bonds. The molecule has 12 heteroatoms. The summed E-state index contributed by atoms with van der Waals surface area (Å²) in [6.07, 6.45) is 7.12. The minimum atomic E-state index is 0.0159. The van der Waals surface area contributed by atoms with E-state index in [2.05, 4.69) is 25.2 Å². The van der Waals surface area contributed by atoms with Gasteiger partial charge in [0, 0.05) is 25.7 Å². The van der Waals surface area contributed by atoms with Crippen molar-refractivity contribution in [3.05, 3.63) is 31.0 Å². The van der Waals surface area contributed by atoms with Crippen LogP contribution in [-0.2, 0) is 7.05 Å². The smallest absolute Gasteiger partial charge is 0.232 e. The molecule has 184 valence electrons. The predicted octanol–water partition coefficient (Wildman–Crippen LogP) is 2.28. The number of fused-ring (bicyclic) bond motifs is 1. The summed E-state index contributed by atoms with van der Waals surface area (Å²) in [4.78, 5) is 20.5. The van der Waals surface area contributed by atoms with E-state index in [4.69, 9.17) is 19.2 Å². The van der Waals surface area contributed by atoms with E-state index in [0.717, 1.165) is 25.1 Å². The van der Waals surface area contributed by atoms with Crippen molar-refractivity contribution in [3.63, 3.8) is 0 Å². The number of aryl methyl sites for hydroxylation is 1. The predicted molar refractivity (Wildman–Crippen MR) is 130 cm³/mol. The van der Waals surface area contributed by atoms with E-state index in [1.807, 2.05) is 34.5 Å². The van der Waals surface area contributed by atoms with Crippen LogP contribution in [0.25, 0.3) is 16.9 Å². The summed E-state index contributed by atoms with van der Waals surface area (Å²) < 4.78 is 20.0. The summed E-state index contributed by atoms with van der Waals surface area (Å²) in [5.41, 5.74) is 2.19. The lowest BCUT2D eigenvalue weighted by molar-refractivity contribution is 0.266. The van der Waals surface area contributed by atoms with Gasteiger partial charge in [0.25, 0.3) is 0 Å². The minimum absolute atomic E-state index is 0.0159. The van der Waals surface area contributed by atoms with Gasteiger partial charge >= 0.3 is 0 Å². The van der Waals surface area contributed by atoms with Gasteiger partial charge in [-0.1, -0.05) is 0 Å². The minimum Gasteiger partial charge on any atom is -0.493 e. The summed E-state index contributed by atoms with van der Waals surface area (Å²) in [6, 6.07) is 3.69. The Labute approximate surface area is 202 Å². The number of aliphatic hydroxyl groups is 1. The van der Waals surface area contributed by atoms with Crippen molar-refractivity contribution >= 4 is 28.7 Å². The highest BCUT2D eigenvalue weighted by molar-refractivity contribution is 5.85. The number of hydrogen-bond acceptors (Lipinski definition) is 10. The van der Waals surface area contributed by atoms with Crippen molar-refractivity contribution < 1.29 is 19.3 Å². The van der Waals surface area contributed by atoms with E-state index >= 15 is 0 Å². The maximum atomic E-state index is 9.83. The number of ether oxygens (including phenoxy) is 3. The Morgan fingerprint density at radius 3 is 2.51 bits per heavy atom. The van der Waals surface area contributed by atoms with Crippen molar-refractivity contribution in [2.75, 3.05) is 44.7 Å². The van der Waals surface area contributed by atoms with Crippen LogP contribution in [0.2, 0.25) is 0 Å². The molecule has 35 heavy (non-hydrogen) atoms. The second-order valence-corrected chi connectivity index (χ2v) is 8.25. The lowest BCUT2D eigenvalue weighted by atomic mass is 10.2. The normalized spacial score (nSPS) is 15.6. The lowest BCUT2D eigenvalue weighted by Crippen LogP contribution is -2.33. The van der Waals surface area contributed by atoms with E-state index in [1.54, 1.807) is 34.0 Å². The number of anilines is 3. The van der Waals surface area contributed by atoms with Gasteiger partial charge < -0.3 is 38.7 Å². The monoisotopic (exact) mass is 480 g/mol. The molecule has 4 heterocycles. The van der Waals surface area contributed by atoms with Crippen molar-refractivity contribution in [2.24, 2.45) is 7.05 Å². The van der Waals surface area contributed by atoms with Gasteiger partial charge in [-0.3, -0.25) is 0 Å². The first-order valence-corrected chi connectivity index (χ1v) is 11.2. The fraction of sp³-hybridized carbons (Fsp3) is 0.391. The highest BCUT2D eigenvalue weighted by Gasteiger charge is 2.28. The number of methoxy groups -OCH3 is 3. The molecule has 5 rings (SSSR count). The highest BCUT2D eigenvalue weighted by atomic mass is 16.5. The number of benzene rings is 1. The third kappa shape index (κ3) is 4.05. The Hall–Kier alpha value is -4.06. The fourth-order valence-electron chi connectivity index (χ4n) is 4.41. The van der Waals surface area contributed by atoms with Crippen LogP contribution in [0.3, 0.4) is 0 Å². The van der Waals surface area contributed by atoms with Crippen molar-refractivity contribution in [3.8, 4) is 22.9 Å². The molecule has 0 aliphatic carbocycles. The zero-order valence-electron chi connectivity index (χ0n) is 20.1. The Balaban J connectivity index is 1.48. The Kier molecular flexibility index (Phi) is 6.03. The van der Waals surface area contributed by atoms with Crippen molar-refractivity contribution in [1.29, 1.82) is 0 Å². The number of aliphatic hydroxyl groups excluding tert-OH is 1. The van der Waals surface area contributed by atoms with Crippen LogP contribution in [-0.4, -0.2) is 74.7 Å². The van der Waals surface area contributed by atoms with E-state index in [-0.39, 0.29) is 12.6 Å². The SMILES string of the molecule is COc1cc(-n2cnc(Nc3nc(N4CCCC4CO)c4ncn(C)c4n3)c2)cc(OC)c1OC. The third-order valence-corrected chi connectivity index (χ3v) is 6.17. The quantitative estimate of drug-likeness (QED) is 0.388. The van der Waals surface area contributed by atoms with E-state index < -0.39 is 0 Å². The van der Waals surface area contributed by atoms with E-state index in [0.29, 0.717) is 46.0 Å². The zero-order chi connectivity index (χ0) is 24.5. The van der Waals surface area contributed by atoms with Crippen LogP contribution in [0.1, 0.15) is 12.8 Å². The molecule has 1 unspecified atom stereocenters. The number of nitrogens with zero attached hydrogens (tertiary/aromatic N) is 7. The summed E-state index contributed by atoms with van der Waals surface area (Å²) in [6.45, 7) is 0.878. The Morgan fingerprint density at radius 2 is 1.83 bits per heavy atom. The first-order valence-electron chi connectivity index (χ1n) is 11.2. The summed E-state index contributed by atoms with van der Waals surface area (Å²) in [5.74, 6) is 3.28. The highest BCUT2D eigenvalue weighted by Crippen LogP contribution is 2.39. The van der Waals surface area contributed by atoms with Crippen LogP contribution in [0.5, 0.6) is 17.2 Å². The standard InChI is InChI=1S/C23H28N8O4/c1-29-12-25-19-21(29)27-23(28-22(19)31-7-5-6-14(31)11-32)26-18-10-30(13-24-18)15-8-16(33-2)20(35-4)17(9-15)34-3/h8-10,12-14,32H,5-7,11H2,1-4H3,(H,26,27,28). The molecule has 3 aromatic heterocycles. The summed E-state index contributed by atoms with van der Waals surface area (Å²) in [7, 11) is 6.61. The first-order chi connectivity index (χ1) is 17.1. The maximum Gasteiger partial charge on any atom is 0.232 e. The van der Waals surface area contributed by atoms with Crippen LogP contribution in [0, 0.1) is 0 Å². The van der Waals surface area contributed by atoms with Crippen LogP contribution in [0.4, 0.5) is 17.6 Å². The zero-order valence-corrected chi connectivity index (χ0v) is 20.1. The molecule has 1 fully saturated rings. The Morgan fingerprint density at radius 1 is 1.06 bits per heavy atom. The number of hydrogen-bond donors (Lipinski definition) is 2. The van der Waals surface area contributed by atoms with Gasteiger partial charge in [-0.15, -0.1) is 0 Å². The molecule has 0 bridgehead atoms. The van der Waals surface area contributed by atoms with E-state index in [9.17, 15) is 5.11 Å². The fourth-order valence-corrected chi connectivity index (χ4v) is 4.41. The second kappa shape index (κ2) is 9.29. The number of rotatable bonds is 8. The molecule has 1 atom stereocenters. The lowest BCUT2D eigenvalue weighted by Gasteiger charge is -2.24. The third-order valence-electron chi connectivity index (χ3n) is 6.17. The molecule has 0 saturated carbocycles. The molecule has 4 aromatic rings. The average Bonchev–Trinajstić information content (AvgIpc) is 3.63.